The summed E-state index contributed by atoms with van der Waals surface area (Å²) >= 11 is 6.10. The molecule has 0 aliphatic carbocycles. The number of rotatable bonds is 8. The predicted molar refractivity (Wildman–Crippen MR) is 87.3 cm³/mol. The topological polar surface area (TPSA) is 34.6 Å². The van der Waals surface area contributed by atoms with Gasteiger partial charge < -0.3 is 14.4 Å². The van der Waals surface area contributed by atoms with E-state index in [0.29, 0.717) is 19.1 Å². The second-order valence-electron chi connectivity index (χ2n) is 4.76. The van der Waals surface area contributed by atoms with Crippen LogP contribution in [0.2, 0.25) is 0 Å². The van der Waals surface area contributed by atoms with Crippen LogP contribution in [0.3, 0.4) is 0 Å². The van der Waals surface area contributed by atoms with Gasteiger partial charge in [-0.1, -0.05) is 18.2 Å². The highest BCUT2D eigenvalue weighted by atomic mass is 35.5. The lowest BCUT2D eigenvalue weighted by atomic mass is 10.1. The normalized spacial score (nSPS) is 11.0. The minimum absolute atomic E-state index is 0.471. The Kier molecular flexibility index (Phi) is 6.23. The number of benzene rings is 1. The number of fused-ring (bicyclic) bond motifs is 1. The van der Waals surface area contributed by atoms with Crippen LogP contribution in [0.4, 0.5) is 5.82 Å². The Morgan fingerprint density at radius 3 is 2.38 bits per heavy atom. The molecule has 1 aromatic carbocycles. The van der Waals surface area contributed by atoms with Gasteiger partial charge >= 0.3 is 0 Å². The van der Waals surface area contributed by atoms with E-state index in [2.05, 4.69) is 17.0 Å². The molecule has 2 aromatic rings. The molecule has 0 spiro atoms. The fourth-order valence-corrected chi connectivity index (χ4v) is 2.47. The quantitative estimate of drug-likeness (QED) is 0.702. The first-order chi connectivity index (χ1) is 10.3. The molecule has 0 saturated carbocycles. The molecule has 0 amide bonds. The highest BCUT2D eigenvalue weighted by molar-refractivity contribution is 6.18. The monoisotopic (exact) mass is 308 g/mol. The van der Waals surface area contributed by atoms with Crippen LogP contribution in [0, 0.1) is 0 Å². The third-order valence-corrected chi connectivity index (χ3v) is 3.67. The smallest absolute Gasteiger partial charge is 0.129 e. The Bertz CT molecular complexity index is 569. The fourth-order valence-electron chi connectivity index (χ4n) is 2.25. The minimum atomic E-state index is 0.471. The van der Waals surface area contributed by atoms with Crippen LogP contribution >= 0.6 is 11.6 Å². The molecular weight excluding hydrogens is 288 g/mol. The van der Waals surface area contributed by atoms with Crippen LogP contribution in [0.5, 0.6) is 0 Å². The molecule has 114 valence electrons. The molecule has 0 fully saturated rings. The average Bonchev–Trinajstić information content (AvgIpc) is 2.54. The Morgan fingerprint density at radius 1 is 1.10 bits per heavy atom. The van der Waals surface area contributed by atoms with Gasteiger partial charge in [-0.2, -0.15) is 0 Å². The minimum Gasteiger partial charge on any atom is -0.383 e. The lowest BCUT2D eigenvalue weighted by Crippen LogP contribution is -2.31. The van der Waals surface area contributed by atoms with Gasteiger partial charge in [-0.15, -0.1) is 11.6 Å². The molecule has 21 heavy (non-hydrogen) atoms. The summed E-state index contributed by atoms with van der Waals surface area (Å²) < 4.78 is 10.4. The molecule has 0 atom stereocenters. The van der Waals surface area contributed by atoms with Crippen LogP contribution in [0.25, 0.3) is 10.9 Å². The molecule has 4 nitrogen and oxygen atoms in total. The maximum atomic E-state index is 6.10. The van der Waals surface area contributed by atoms with Crippen molar-refractivity contribution in [3.8, 4) is 0 Å². The van der Waals surface area contributed by atoms with E-state index in [9.17, 15) is 0 Å². The first-order valence-electron chi connectivity index (χ1n) is 6.97. The third-order valence-electron chi connectivity index (χ3n) is 3.39. The number of methoxy groups -OCH3 is 2. The summed E-state index contributed by atoms with van der Waals surface area (Å²) in [5, 5.41) is 1.11. The van der Waals surface area contributed by atoms with Crippen molar-refractivity contribution in [3.63, 3.8) is 0 Å². The molecule has 0 N–H and O–H groups in total. The highest BCUT2D eigenvalue weighted by Gasteiger charge is 2.11. The van der Waals surface area contributed by atoms with E-state index in [1.54, 1.807) is 14.2 Å². The van der Waals surface area contributed by atoms with Crippen molar-refractivity contribution < 1.29 is 9.47 Å². The highest BCUT2D eigenvalue weighted by Crippen LogP contribution is 2.24. The number of pyridine rings is 1. The van der Waals surface area contributed by atoms with Crippen molar-refractivity contribution in [1.82, 2.24) is 4.98 Å². The van der Waals surface area contributed by atoms with Gasteiger partial charge in [0.15, 0.2) is 0 Å². The largest absolute Gasteiger partial charge is 0.383 e. The van der Waals surface area contributed by atoms with E-state index in [-0.39, 0.29) is 0 Å². The summed E-state index contributed by atoms with van der Waals surface area (Å²) in [4.78, 5) is 6.91. The molecule has 5 heteroatoms. The second kappa shape index (κ2) is 8.17. The van der Waals surface area contributed by atoms with E-state index in [1.165, 1.54) is 0 Å². The molecule has 1 aromatic heterocycles. The zero-order chi connectivity index (χ0) is 15.1. The van der Waals surface area contributed by atoms with E-state index >= 15 is 0 Å². The zero-order valence-corrected chi connectivity index (χ0v) is 13.3. The Labute approximate surface area is 130 Å². The van der Waals surface area contributed by atoms with Gasteiger partial charge in [-0.25, -0.2) is 4.98 Å². The number of hydrogen-bond acceptors (Lipinski definition) is 4. The molecule has 0 bridgehead atoms. The predicted octanol–water partition coefficient (Wildman–Crippen LogP) is 3.07. The van der Waals surface area contributed by atoms with E-state index < -0.39 is 0 Å². The summed E-state index contributed by atoms with van der Waals surface area (Å²) in [5.41, 5.74) is 2.06. The summed E-state index contributed by atoms with van der Waals surface area (Å²) in [6.07, 6.45) is 0. The maximum absolute atomic E-state index is 6.10. The number of para-hydroxylation sites is 1. The second-order valence-corrected chi connectivity index (χ2v) is 5.03. The van der Waals surface area contributed by atoms with Gasteiger partial charge in [0.25, 0.3) is 0 Å². The number of alkyl halides is 1. The number of anilines is 1. The standard InChI is InChI=1S/C16H21ClN2O2/c1-20-9-7-19(8-10-21-2)16-11-13(12-17)14-5-3-4-6-15(14)18-16/h3-6,11H,7-10,12H2,1-2H3. The Hall–Kier alpha value is -1.36. The molecule has 0 unspecified atom stereocenters. The lowest BCUT2D eigenvalue weighted by Gasteiger charge is -2.24. The van der Waals surface area contributed by atoms with E-state index in [1.807, 2.05) is 18.2 Å². The van der Waals surface area contributed by atoms with Crippen LogP contribution in [0.1, 0.15) is 5.56 Å². The lowest BCUT2D eigenvalue weighted by molar-refractivity contribution is 0.190. The van der Waals surface area contributed by atoms with Gasteiger partial charge in [0.2, 0.25) is 0 Å². The Balaban J connectivity index is 2.36. The fraction of sp³-hybridized carbons (Fsp3) is 0.438. The van der Waals surface area contributed by atoms with Crippen molar-refractivity contribution in [1.29, 1.82) is 0 Å². The first-order valence-corrected chi connectivity index (χ1v) is 7.51. The van der Waals surface area contributed by atoms with Crippen LogP contribution < -0.4 is 4.90 Å². The van der Waals surface area contributed by atoms with E-state index in [4.69, 9.17) is 26.1 Å². The van der Waals surface area contributed by atoms with Gasteiger partial charge in [0.1, 0.15) is 5.82 Å². The summed E-state index contributed by atoms with van der Waals surface area (Å²) in [6.45, 7) is 2.84. The van der Waals surface area contributed by atoms with Gasteiger partial charge in [-0.05, 0) is 17.7 Å². The van der Waals surface area contributed by atoms with Crippen LogP contribution in [-0.4, -0.2) is 45.5 Å². The van der Waals surface area contributed by atoms with Crippen molar-refractivity contribution in [2.75, 3.05) is 45.4 Å². The van der Waals surface area contributed by atoms with Gasteiger partial charge in [0, 0.05) is 38.6 Å². The summed E-state index contributed by atoms with van der Waals surface area (Å²) in [7, 11) is 3.40. The van der Waals surface area contributed by atoms with Crippen molar-refractivity contribution >= 4 is 28.3 Å². The maximum Gasteiger partial charge on any atom is 0.129 e. The van der Waals surface area contributed by atoms with Gasteiger partial charge in [0.05, 0.1) is 18.7 Å². The summed E-state index contributed by atoms with van der Waals surface area (Å²) in [5.74, 6) is 1.39. The number of aromatic nitrogens is 1. The number of halogens is 1. The molecular formula is C16H21ClN2O2. The summed E-state index contributed by atoms with van der Waals surface area (Å²) in [6, 6.07) is 10.1. The first kappa shape index (κ1) is 16.0. The molecule has 0 aliphatic heterocycles. The third kappa shape index (κ3) is 4.06. The number of nitrogens with zero attached hydrogens (tertiary/aromatic N) is 2. The Morgan fingerprint density at radius 2 is 1.76 bits per heavy atom. The number of ether oxygens (including phenoxy) is 2. The molecule has 0 radical (unpaired) electrons. The number of hydrogen-bond donors (Lipinski definition) is 0. The van der Waals surface area contributed by atoms with Crippen molar-refractivity contribution in [2.45, 2.75) is 5.88 Å². The molecule has 0 aliphatic rings. The van der Waals surface area contributed by atoms with Crippen LogP contribution in [-0.2, 0) is 15.4 Å². The SMILES string of the molecule is COCCN(CCOC)c1cc(CCl)c2ccccc2n1. The average molecular weight is 309 g/mol. The van der Waals surface area contributed by atoms with E-state index in [0.717, 1.165) is 35.4 Å². The molecule has 2 rings (SSSR count). The van der Waals surface area contributed by atoms with Gasteiger partial charge in [-0.3, -0.25) is 0 Å². The molecule has 0 saturated heterocycles. The zero-order valence-electron chi connectivity index (χ0n) is 12.5. The molecule has 1 heterocycles. The van der Waals surface area contributed by atoms with Crippen molar-refractivity contribution in [3.05, 3.63) is 35.9 Å². The van der Waals surface area contributed by atoms with Crippen molar-refractivity contribution in [2.24, 2.45) is 0 Å². The van der Waals surface area contributed by atoms with Crippen LogP contribution in [0.15, 0.2) is 30.3 Å².